The minimum Gasteiger partial charge on any atom is -0.459 e. The van der Waals surface area contributed by atoms with E-state index < -0.39 is 11.2 Å². The number of imidazole rings is 2. The van der Waals surface area contributed by atoms with Gasteiger partial charge in [-0.15, -0.1) is 0 Å². The number of fused-ring (bicyclic) bond motifs is 3. The maximum Gasteiger partial charge on any atom is 0.329 e. The largest absolute Gasteiger partial charge is 0.459 e. The van der Waals surface area contributed by atoms with E-state index in [0.29, 0.717) is 42.3 Å². The molecule has 1 aliphatic rings. The molecule has 1 N–H and O–H groups in total. The van der Waals surface area contributed by atoms with Gasteiger partial charge in [0.25, 0.3) is 11.5 Å². The number of nitrogens with zero attached hydrogens (tertiary/aromatic N) is 6. The van der Waals surface area contributed by atoms with E-state index in [0.717, 1.165) is 31.0 Å². The van der Waals surface area contributed by atoms with Crippen LogP contribution >= 0.6 is 0 Å². The van der Waals surface area contributed by atoms with Crippen molar-refractivity contribution in [1.82, 2.24) is 33.3 Å². The lowest BCUT2D eigenvalue weighted by Crippen LogP contribution is -2.49. The fourth-order valence-corrected chi connectivity index (χ4v) is 4.42. The Morgan fingerprint density at radius 1 is 1.12 bits per heavy atom. The van der Waals surface area contributed by atoms with Crippen molar-refractivity contribution in [3.8, 4) is 0 Å². The van der Waals surface area contributed by atoms with E-state index in [1.54, 1.807) is 19.2 Å². The van der Waals surface area contributed by atoms with E-state index in [4.69, 9.17) is 4.42 Å². The van der Waals surface area contributed by atoms with Crippen LogP contribution in [0.4, 0.5) is 0 Å². The molecule has 0 bridgehead atoms. The number of hydrogen-bond donors (Lipinski definition) is 1. The Morgan fingerprint density at radius 2 is 1.88 bits per heavy atom. The van der Waals surface area contributed by atoms with Gasteiger partial charge in [-0.05, 0) is 26.0 Å². The van der Waals surface area contributed by atoms with E-state index in [1.165, 1.54) is 10.8 Å². The van der Waals surface area contributed by atoms with E-state index >= 15 is 0 Å². The number of furan rings is 1. The number of rotatable bonds is 4. The van der Waals surface area contributed by atoms with Crippen molar-refractivity contribution in [2.75, 3.05) is 32.7 Å². The van der Waals surface area contributed by atoms with Crippen molar-refractivity contribution >= 4 is 22.8 Å². The molecule has 0 saturated carbocycles. The quantitative estimate of drug-likeness (QED) is 0.491. The molecule has 0 radical (unpaired) electrons. The van der Waals surface area contributed by atoms with Crippen molar-refractivity contribution in [3.05, 3.63) is 56.4 Å². The van der Waals surface area contributed by atoms with Crippen LogP contribution < -0.4 is 11.2 Å². The zero-order valence-corrected chi connectivity index (χ0v) is 18.3. The molecule has 4 aromatic rings. The molecular weight excluding hydrogens is 414 g/mol. The molecule has 168 valence electrons. The number of nitrogens with one attached hydrogen (secondary N) is 1. The van der Waals surface area contributed by atoms with Crippen LogP contribution in [0.1, 0.15) is 21.9 Å². The van der Waals surface area contributed by atoms with Gasteiger partial charge < -0.3 is 13.9 Å². The van der Waals surface area contributed by atoms with E-state index in [9.17, 15) is 14.4 Å². The lowest BCUT2D eigenvalue weighted by atomic mass is 10.3. The van der Waals surface area contributed by atoms with Crippen molar-refractivity contribution in [2.24, 2.45) is 7.05 Å². The summed E-state index contributed by atoms with van der Waals surface area (Å²) in [5, 5.41) is 0. The molecule has 11 heteroatoms. The second-order valence-corrected chi connectivity index (χ2v) is 8.17. The first-order valence-corrected chi connectivity index (χ1v) is 10.6. The van der Waals surface area contributed by atoms with Gasteiger partial charge in [0.2, 0.25) is 5.78 Å². The van der Waals surface area contributed by atoms with Crippen LogP contribution in [-0.4, -0.2) is 71.9 Å². The maximum absolute atomic E-state index is 12.5. The minimum atomic E-state index is -0.480. The second-order valence-electron chi connectivity index (χ2n) is 8.17. The highest BCUT2D eigenvalue weighted by Crippen LogP contribution is 2.20. The number of aromatic amines is 1. The third-order valence-electron chi connectivity index (χ3n) is 6.44. The molecule has 0 atom stereocenters. The molecule has 0 unspecified atom stereocenters. The Labute approximate surface area is 182 Å². The highest BCUT2D eigenvalue weighted by atomic mass is 16.3. The number of amides is 1. The highest BCUT2D eigenvalue weighted by Gasteiger charge is 2.25. The zero-order valence-electron chi connectivity index (χ0n) is 18.3. The third kappa shape index (κ3) is 3.08. The van der Waals surface area contributed by atoms with Crippen molar-refractivity contribution in [1.29, 1.82) is 0 Å². The minimum absolute atomic E-state index is 0.0758. The molecule has 5 rings (SSSR count). The normalized spacial score (nSPS) is 15.3. The smallest absolute Gasteiger partial charge is 0.329 e. The second kappa shape index (κ2) is 7.52. The van der Waals surface area contributed by atoms with Crippen LogP contribution in [-0.2, 0) is 13.6 Å². The predicted molar refractivity (Wildman–Crippen MR) is 117 cm³/mol. The van der Waals surface area contributed by atoms with Crippen molar-refractivity contribution in [2.45, 2.75) is 20.4 Å². The van der Waals surface area contributed by atoms with Crippen LogP contribution in [0.5, 0.6) is 0 Å². The average Bonchev–Trinajstić information content (AvgIpc) is 3.50. The molecule has 32 heavy (non-hydrogen) atoms. The Kier molecular flexibility index (Phi) is 4.77. The lowest BCUT2D eigenvalue weighted by Gasteiger charge is -2.34. The van der Waals surface area contributed by atoms with Crippen LogP contribution in [0.25, 0.3) is 16.9 Å². The van der Waals surface area contributed by atoms with Gasteiger partial charge in [-0.25, -0.2) is 4.79 Å². The summed E-state index contributed by atoms with van der Waals surface area (Å²) in [6.07, 6.45) is 1.51. The summed E-state index contributed by atoms with van der Waals surface area (Å²) in [6, 6.07) is 3.41. The van der Waals surface area contributed by atoms with Gasteiger partial charge in [0.1, 0.15) is 0 Å². The molecule has 0 spiro atoms. The van der Waals surface area contributed by atoms with Gasteiger partial charge in [-0.3, -0.25) is 28.4 Å². The first-order valence-electron chi connectivity index (χ1n) is 10.6. The number of carbonyl (C=O) groups excluding carboxylic acids is 1. The number of H-pyrrole nitrogens is 1. The SMILES string of the molecule is Cc1c(C)n2c3c(=O)[nH]c(=O)n(C)c3nc2n1CCN1CCN(C(=O)c2ccco2)CC1. The highest BCUT2D eigenvalue weighted by molar-refractivity contribution is 5.91. The molecule has 1 saturated heterocycles. The fourth-order valence-electron chi connectivity index (χ4n) is 4.42. The summed E-state index contributed by atoms with van der Waals surface area (Å²) in [7, 11) is 1.60. The topological polar surface area (TPSA) is 114 Å². The summed E-state index contributed by atoms with van der Waals surface area (Å²) in [4.78, 5) is 48.0. The van der Waals surface area contributed by atoms with Gasteiger partial charge in [0.05, 0.1) is 6.26 Å². The Hall–Kier alpha value is -3.60. The molecule has 1 fully saturated rings. The van der Waals surface area contributed by atoms with Gasteiger partial charge >= 0.3 is 5.69 Å². The number of carbonyl (C=O) groups is 1. The lowest BCUT2D eigenvalue weighted by molar-refractivity contribution is 0.0602. The third-order valence-corrected chi connectivity index (χ3v) is 6.44. The molecule has 0 aliphatic carbocycles. The summed E-state index contributed by atoms with van der Waals surface area (Å²) in [6.45, 7) is 8.25. The summed E-state index contributed by atoms with van der Waals surface area (Å²) >= 11 is 0. The summed E-state index contributed by atoms with van der Waals surface area (Å²) in [5.74, 6) is 0.941. The van der Waals surface area contributed by atoms with Gasteiger partial charge in [0, 0.05) is 57.7 Å². The Morgan fingerprint density at radius 3 is 2.56 bits per heavy atom. The number of aryl methyl sites for hydroxylation is 2. The Bertz CT molecular complexity index is 1430. The number of piperazine rings is 1. The first kappa shape index (κ1) is 20.3. The summed E-state index contributed by atoms with van der Waals surface area (Å²) < 4.78 is 10.5. The predicted octanol–water partition coefficient (Wildman–Crippen LogP) is 0.344. The average molecular weight is 439 g/mol. The molecular formula is C21H25N7O4. The monoisotopic (exact) mass is 439 g/mol. The van der Waals surface area contributed by atoms with Gasteiger partial charge in [-0.1, -0.05) is 0 Å². The molecule has 0 aromatic carbocycles. The molecule has 5 heterocycles. The van der Waals surface area contributed by atoms with Crippen LogP contribution in [0.3, 0.4) is 0 Å². The number of aromatic nitrogens is 5. The van der Waals surface area contributed by atoms with Crippen LogP contribution in [0.15, 0.2) is 32.4 Å². The van der Waals surface area contributed by atoms with Gasteiger partial charge in [0.15, 0.2) is 16.9 Å². The Balaban J connectivity index is 1.36. The van der Waals surface area contributed by atoms with Gasteiger partial charge in [-0.2, -0.15) is 4.98 Å². The first-order chi connectivity index (χ1) is 15.4. The molecule has 4 aromatic heterocycles. The van der Waals surface area contributed by atoms with Crippen molar-refractivity contribution in [3.63, 3.8) is 0 Å². The molecule has 1 amide bonds. The fraction of sp³-hybridized carbons (Fsp3) is 0.429. The standard InChI is InChI=1S/C21H25N7O4/c1-13-14(2)28-16-17(24(3)21(31)23-18(16)29)22-20(28)27(13)11-8-25-6-9-26(10-7-25)19(30)15-5-4-12-32-15/h4-5,12H,6-11H2,1-3H3,(H,23,29,31). The van der Waals surface area contributed by atoms with E-state index in [1.807, 2.05) is 23.1 Å². The molecule has 11 nitrogen and oxygen atoms in total. The van der Waals surface area contributed by atoms with Crippen LogP contribution in [0, 0.1) is 13.8 Å². The van der Waals surface area contributed by atoms with E-state index in [-0.39, 0.29) is 5.91 Å². The summed E-state index contributed by atoms with van der Waals surface area (Å²) in [5.41, 5.74) is 1.77. The van der Waals surface area contributed by atoms with E-state index in [2.05, 4.69) is 19.4 Å². The van der Waals surface area contributed by atoms with Crippen LogP contribution in [0.2, 0.25) is 0 Å². The maximum atomic E-state index is 12.5. The molecule has 1 aliphatic heterocycles. The zero-order chi connectivity index (χ0) is 22.6. The number of hydrogen-bond acceptors (Lipinski definition) is 6. The van der Waals surface area contributed by atoms with Crippen molar-refractivity contribution < 1.29 is 9.21 Å².